The van der Waals surface area contributed by atoms with E-state index in [2.05, 4.69) is 19.2 Å². The fourth-order valence-corrected chi connectivity index (χ4v) is 2.12. The van der Waals surface area contributed by atoms with Gasteiger partial charge in [-0.1, -0.05) is 11.6 Å². The van der Waals surface area contributed by atoms with Crippen molar-refractivity contribution >= 4 is 29.5 Å². The second kappa shape index (κ2) is 7.68. The van der Waals surface area contributed by atoms with Crippen LogP contribution in [0.5, 0.6) is 0 Å². The highest BCUT2D eigenvalue weighted by Gasteiger charge is 2.24. The third kappa shape index (κ3) is 4.22. The number of hydrogen-bond acceptors (Lipinski definition) is 6. The van der Waals surface area contributed by atoms with Gasteiger partial charge in [0.25, 0.3) is 0 Å². The van der Waals surface area contributed by atoms with Crippen LogP contribution < -0.4 is 0 Å². The summed E-state index contributed by atoms with van der Waals surface area (Å²) in [5.74, 6) is -1.61. The fourth-order valence-electron chi connectivity index (χ4n) is 1.82. The van der Waals surface area contributed by atoms with Crippen LogP contribution in [-0.2, 0) is 36.6 Å². The minimum atomic E-state index is -0.653. The van der Waals surface area contributed by atoms with Crippen molar-refractivity contribution in [2.75, 3.05) is 21.3 Å². The molecule has 0 radical (unpaired) electrons. The Bertz CT molecular complexity index is 551. The van der Waals surface area contributed by atoms with Crippen LogP contribution in [0.1, 0.15) is 28.0 Å². The topological polar surface area (TPSA) is 94.7 Å². The molecular weight excluding hydrogens is 302 g/mol. The Balaban J connectivity index is 3.14. The smallest absolute Gasteiger partial charge is 0.354 e. The summed E-state index contributed by atoms with van der Waals surface area (Å²) in [4.78, 5) is 37.1. The van der Waals surface area contributed by atoms with Gasteiger partial charge >= 0.3 is 17.9 Å². The van der Waals surface area contributed by atoms with Crippen molar-refractivity contribution in [1.29, 1.82) is 0 Å². The van der Waals surface area contributed by atoms with Crippen LogP contribution in [0.15, 0.2) is 0 Å². The lowest BCUT2D eigenvalue weighted by molar-refractivity contribution is -0.140. The molecule has 1 aromatic rings. The van der Waals surface area contributed by atoms with Crippen molar-refractivity contribution in [1.82, 2.24) is 4.98 Å². The summed E-state index contributed by atoms with van der Waals surface area (Å²) >= 11 is 6.04. The number of nitrogens with one attached hydrogen (secondary N) is 1. The van der Waals surface area contributed by atoms with Crippen molar-refractivity contribution in [3.8, 4) is 0 Å². The molecule has 1 N–H and O–H groups in total. The van der Waals surface area contributed by atoms with Crippen LogP contribution >= 0.6 is 11.6 Å². The number of halogens is 1. The van der Waals surface area contributed by atoms with Gasteiger partial charge in [0.05, 0.1) is 27.8 Å². The number of carbonyl (C=O) groups is 3. The van der Waals surface area contributed by atoms with Gasteiger partial charge in [-0.05, 0) is 12.0 Å². The van der Waals surface area contributed by atoms with Crippen LogP contribution in [0, 0.1) is 0 Å². The molecule has 0 bridgehead atoms. The molecule has 1 aromatic heterocycles. The van der Waals surface area contributed by atoms with E-state index >= 15 is 0 Å². The summed E-state index contributed by atoms with van der Waals surface area (Å²) in [6, 6.07) is 0. The van der Waals surface area contributed by atoms with E-state index in [0.717, 1.165) is 0 Å². The average molecular weight is 318 g/mol. The second-order valence-corrected chi connectivity index (χ2v) is 4.47. The van der Waals surface area contributed by atoms with E-state index in [9.17, 15) is 14.4 Å². The molecule has 21 heavy (non-hydrogen) atoms. The van der Waals surface area contributed by atoms with Gasteiger partial charge in [0.2, 0.25) is 0 Å². The largest absolute Gasteiger partial charge is 0.469 e. The third-order valence-electron chi connectivity index (χ3n) is 2.91. The SMILES string of the molecule is COC(=O)CCc1c(Cl)[nH]c(C(=O)OC)c1CC(=O)OC. The zero-order valence-electron chi connectivity index (χ0n) is 11.9. The first-order valence-corrected chi connectivity index (χ1v) is 6.43. The number of ether oxygens (including phenoxy) is 3. The van der Waals surface area contributed by atoms with Gasteiger partial charge in [-0.3, -0.25) is 9.59 Å². The van der Waals surface area contributed by atoms with E-state index in [-0.39, 0.29) is 30.1 Å². The number of carbonyl (C=O) groups excluding carboxylic acids is 3. The molecular formula is C13H16ClNO6. The van der Waals surface area contributed by atoms with Gasteiger partial charge in [-0.25, -0.2) is 4.79 Å². The van der Waals surface area contributed by atoms with E-state index in [0.29, 0.717) is 11.1 Å². The predicted molar refractivity (Wildman–Crippen MR) is 73.2 cm³/mol. The van der Waals surface area contributed by atoms with Gasteiger partial charge in [-0.2, -0.15) is 0 Å². The van der Waals surface area contributed by atoms with Crippen molar-refractivity contribution in [2.24, 2.45) is 0 Å². The van der Waals surface area contributed by atoms with Crippen molar-refractivity contribution in [3.63, 3.8) is 0 Å². The minimum Gasteiger partial charge on any atom is -0.469 e. The lowest BCUT2D eigenvalue weighted by atomic mass is 10.0. The van der Waals surface area contributed by atoms with Crippen molar-refractivity contribution in [2.45, 2.75) is 19.3 Å². The number of aromatic amines is 1. The summed E-state index contributed by atoms with van der Waals surface area (Å²) in [7, 11) is 3.73. The summed E-state index contributed by atoms with van der Waals surface area (Å²) in [6.07, 6.45) is 0.148. The molecule has 1 rings (SSSR count). The van der Waals surface area contributed by atoms with E-state index in [4.69, 9.17) is 11.6 Å². The molecule has 0 atom stereocenters. The van der Waals surface area contributed by atoms with Gasteiger partial charge in [-0.15, -0.1) is 0 Å². The molecule has 0 aliphatic carbocycles. The number of H-pyrrole nitrogens is 1. The van der Waals surface area contributed by atoms with E-state index < -0.39 is 17.9 Å². The highest BCUT2D eigenvalue weighted by atomic mass is 35.5. The highest BCUT2D eigenvalue weighted by molar-refractivity contribution is 6.30. The van der Waals surface area contributed by atoms with Crippen molar-refractivity contribution in [3.05, 3.63) is 22.0 Å². The van der Waals surface area contributed by atoms with Gasteiger partial charge in [0, 0.05) is 12.0 Å². The van der Waals surface area contributed by atoms with E-state index in [1.807, 2.05) is 0 Å². The monoisotopic (exact) mass is 317 g/mol. The maximum atomic E-state index is 11.7. The number of rotatable bonds is 6. The third-order valence-corrected chi connectivity index (χ3v) is 3.23. The molecule has 116 valence electrons. The molecule has 0 aliphatic rings. The molecule has 1 heterocycles. The molecule has 8 heteroatoms. The average Bonchev–Trinajstić information content (AvgIpc) is 2.79. The number of hydrogen-bond donors (Lipinski definition) is 1. The number of esters is 3. The number of aromatic nitrogens is 1. The van der Waals surface area contributed by atoms with Crippen LogP contribution in [-0.4, -0.2) is 44.2 Å². The lowest BCUT2D eigenvalue weighted by Crippen LogP contribution is -2.12. The summed E-state index contributed by atoms with van der Waals surface area (Å²) in [6.45, 7) is 0. The summed E-state index contributed by atoms with van der Waals surface area (Å²) in [5.41, 5.74) is 0.934. The first kappa shape index (κ1) is 17.0. The molecule has 0 aromatic carbocycles. The fraction of sp³-hybridized carbons (Fsp3) is 0.462. The molecule has 0 aliphatic heterocycles. The molecule has 0 unspecified atom stereocenters. The van der Waals surface area contributed by atoms with Gasteiger partial charge in [0.1, 0.15) is 10.8 Å². The maximum absolute atomic E-state index is 11.7. The summed E-state index contributed by atoms with van der Waals surface area (Å²) in [5, 5.41) is 0.179. The molecule has 0 fully saturated rings. The molecule has 0 amide bonds. The Morgan fingerprint density at radius 3 is 2.14 bits per heavy atom. The van der Waals surface area contributed by atoms with Crippen LogP contribution in [0.25, 0.3) is 0 Å². The minimum absolute atomic E-state index is 0.0723. The normalized spacial score (nSPS) is 10.1. The maximum Gasteiger partial charge on any atom is 0.354 e. The first-order valence-electron chi connectivity index (χ1n) is 6.05. The van der Waals surface area contributed by atoms with Gasteiger partial charge in [0.15, 0.2) is 0 Å². The zero-order valence-corrected chi connectivity index (χ0v) is 12.7. The predicted octanol–water partition coefficient (Wildman–Crippen LogP) is 1.28. The van der Waals surface area contributed by atoms with E-state index in [1.165, 1.54) is 21.3 Å². The quantitative estimate of drug-likeness (QED) is 0.627. The van der Waals surface area contributed by atoms with Crippen LogP contribution in [0.3, 0.4) is 0 Å². The van der Waals surface area contributed by atoms with Crippen LogP contribution in [0.2, 0.25) is 5.15 Å². The first-order chi connectivity index (χ1) is 9.94. The Hall–Kier alpha value is -2.02. The molecule has 0 saturated carbocycles. The number of methoxy groups -OCH3 is 3. The zero-order chi connectivity index (χ0) is 16.0. The standard InChI is InChI=1S/C13H16ClNO6/c1-19-9(16)5-4-7-8(6-10(17)20-2)11(13(18)21-3)15-12(7)14/h15H,4-6H2,1-3H3. The Labute approximate surface area is 126 Å². The Kier molecular flexibility index (Phi) is 6.23. The Morgan fingerprint density at radius 2 is 1.62 bits per heavy atom. The van der Waals surface area contributed by atoms with Crippen LogP contribution in [0.4, 0.5) is 0 Å². The van der Waals surface area contributed by atoms with Gasteiger partial charge < -0.3 is 19.2 Å². The molecule has 7 nitrogen and oxygen atoms in total. The summed E-state index contributed by atoms with van der Waals surface area (Å²) < 4.78 is 13.8. The van der Waals surface area contributed by atoms with Crippen molar-refractivity contribution < 1.29 is 28.6 Å². The Morgan fingerprint density at radius 1 is 1.00 bits per heavy atom. The van der Waals surface area contributed by atoms with E-state index in [1.54, 1.807) is 0 Å². The molecule has 0 saturated heterocycles. The lowest BCUT2D eigenvalue weighted by Gasteiger charge is -2.05. The second-order valence-electron chi connectivity index (χ2n) is 4.09. The highest BCUT2D eigenvalue weighted by Crippen LogP contribution is 2.26. The molecule has 0 spiro atoms.